The van der Waals surface area contributed by atoms with Gasteiger partial charge in [0.15, 0.2) is 11.9 Å². The Hall–Kier alpha value is -1.46. The van der Waals surface area contributed by atoms with Gasteiger partial charge in [-0.2, -0.15) is 9.87 Å². The van der Waals surface area contributed by atoms with Gasteiger partial charge < -0.3 is 4.89 Å². The van der Waals surface area contributed by atoms with Gasteiger partial charge in [0.05, 0.1) is 10.2 Å². The molecule has 0 N–H and O–H groups in total. The monoisotopic (exact) mass is 237 g/mol. The van der Waals surface area contributed by atoms with Gasteiger partial charge in [-0.3, -0.25) is 4.79 Å². The molecule has 2 aromatic rings. The third-order valence-electron chi connectivity index (χ3n) is 2.11. The number of ketones is 1. The number of hydrogen-bond donors (Lipinski definition) is 0. The van der Waals surface area contributed by atoms with Crippen molar-refractivity contribution in [3.63, 3.8) is 0 Å². The first-order valence-corrected chi connectivity index (χ1v) is 5.68. The van der Waals surface area contributed by atoms with Crippen molar-refractivity contribution in [3.05, 3.63) is 24.3 Å². The van der Waals surface area contributed by atoms with Gasteiger partial charge in [-0.1, -0.05) is 23.5 Å². The molecule has 5 heteroatoms. The Bertz CT molecular complexity index is 476. The van der Waals surface area contributed by atoms with E-state index in [0.717, 1.165) is 10.2 Å². The van der Waals surface area contributed by atoms with Gasteiger partial charge in [-0.05, 0) is 26.0 Å². The molecule has 2 rings (SSSR count). The molecule has 0 bridgehead atoms. The molecule has 1 aromatic carbocycles. The van der Waals surface area contributed by atoms with Crippen LogP contribution in [0.15, 0.2) is 24.3 Å². The van der Waals surface area contributed by atoms with Crippen LogP contribution in [0.3, 0.4) is 0 Å². The van der Waals surface area contributed by atoms with Crippen LogP contribution in [0.1, 0.15) is 13.8 Å². The van der Waals surface area contributed by atoms with Gasteiger partial charge in [0.1, 0.15) is 0 Å². The fraction of sp³-hybridized carbons (Fsp3) is 0.273. The quantitative estimate of drug-likeness (QED) is 0.605. The van der Waals surface area contributed by atoms with Crippen molar-refractivity contribution >= 4 is 27.3 Å². The van der Waals surface area contributed by atoms with Crippen molar-refractivity contribution in [2.24, 2.45) is 0 Å². The Balaban J connectivity index is 2.07. The highest BCUT2D eigenvalue weighted by molar-refractivity contribution is 7.20. The average molecular weight is 237 g/mol. The SMILES string of the molecule is CC(=O)C(C)OOc1nc2ccccc2s1. The predicted octanol–water partition coefficient (Wildman–Crippen LogP) is 2.58. The summed E-state index contributed by atoms with van der Waals surface area (Å²) in [7, 11) is 0. The van der Waals surface area contributed by atoms with E-state index in [2.05, 4.69) is 4.98 Å². The third-order valence-corrected chi connectivity index (χ3v) is 3.01. The summed E-state index contributed by atoms with van der Waals surface area (Å²) in [5, 5.41) is 0.411. The number of para-hydroxylation sites is 1. The summed E-state index contributed by atoms with van der Waals surface area (Å²) in [6.07, 6.45) is -0.577. The minimum absolute atomic E-state index is 0.0823. The Kier molecular flexibility index (Phi) is 3.17. The molecule has 16 heavy (non-hydrogen) atoms. The highest BCUT2D eigenvalue weighted by atomic mass is 32.1. The van der Waals surface area contributed by atoms with Crippen LogP contribution in [-0.4, -0.2) is 16.9 Å². The minimum atomic E-state index is -0.577. The molecule has 84 valence electrons. The normalized spacial score (nSPS) is 12.6. The Labute approximate surface area is 96.8 Å². The molecule has 1 aromatic heterocycles. The van der Waals surface area contributed by atoms with E-state index in [-0.39, 0.29) is 5.78 Å². The summed E-state index contributed by atoms with van der Waals surface area (Å²) in [6.45, 7) is 3.09. The maximum Gasteiger partial charge on any atom is 0.313 e. The maximum atomic E-state index is 10.9. The van der Waals surface area contributed by atoms with Crippen LogP contribution in [0.5, 0.6) is 5.19 Å². The second-order valence-corrected chi connectivity index (χ2v) is 4.37. The molecule has 0 aliphatic rings. The standard InChI is InChI=1S/C11H11NO3S/c1-7(13)8(2)14-15-11-12-9-5-3-4-6-10(9)16-11/h3-6,8H,1-2H3. The van der Waals surface area contributed by atoms with Gasteiger partial charge in [0.25, 0.3) is 0 Å². The van der Waals surface area contributed by atoms with Crippen LogP contribution >= 0.6 is 11.3 Å². The van der Waals surface area contributed by atoms with Crippen LogP contribution in [0.25, 0.3) is 10.2 Å². The van der Waals surface area contributed by atoms with E-state index in [1.165, 1.54) is 18.3 Å². The first-order valence-electron chi connectivity index (χ1n) is 4.86. The largest absolute Gasteiger partial charge is 0.313 e. The van der Waals surface area contributed by atoms with Crippen LogP contribution < -0.4 is 4.89 Å². The molecule has 0 amide bonds. The van der Waals surface area contributed by atoms with Crippen LogP contribution in [0.4, 0.5) is 0 Å². The van der Waals surface area contributed by atoms with Crippen molar-refractivity contribution in [1.29, 1.82) is 0 Å². The Morgan fingerprint density at radius 2 is 2.19 bits per heavy atom. The molecule has 0 spiro atoms. The number of nitrogens with zero attached hydrogens (tertiary/aromatic N) is 1. The smallest absolute Gasteiger partial charge is 0.304 e. The summed E-state index contributed by atoms with van der Waals surface area (Å²) in [6, 6.07) is 7.69. The van der Waals surface area contributed by atoms with Crippen LogP contribution in [0, 0.1) is 0 Å². The number of benzene rings is 1. The zero-order chi connectivity index (χ0) is 11.5. The molecule has 1 atom stereocenters. The lowest BCUT2D eigenvalue weighted by molar-refractivity contribution is -0.234. The average Bonchev–Trinajstić information content (AvgIpc) is 2.68. The van der Waals surface area contributed by atoms with Crippen molar-refractivity contribution < 1.29 is 14.6 Å². The van der Waals surface area contributed by atoms with Crippen molar-refractivity contribution in [3.8, 4) is 5.19 Å². The van der Waals surface area contributed by atoms with Crippen LogP contribution in [-0.2, 0) is 9.68 Å². The number of carbonyl (C=O) groups is 1. The summed E-state index contributed by atoms with van der Waals surface area (Å²) >= 11 is 1.38. The lowest BCUT2D eigenvalue weighted by Crippen LogP contribution is -2.19. The highest BCUT2D eigenvalue weighted by Crippen LogP contribution is 2.27. The molecule has 1 heterocycles. The second kappa shape index (κ2) is 4.59. The molecule has 0 aliphatic heterocycles. The van der Waals surface area contributed by atoms with E-state index >= 15 is 0 Å². The van der Waals surface area contributed by atoms with Crippen LogP contribution in [0.2, 0.25) is 0 Å². The van der Waals surface area contributed by atoms with E-state index in [9.17, 15) is 4.79 Å². The second-order valence-electron chi connectivity index (χ2n) is 3.38. The number of Topliss-reactive ketones (excluding diaryl/α,β-unsaturated/α-hetero) is 1. The minimum Gasteiger partial charge on any atom is -0.304 e. The fourth-order valence-electron chi connectivity index (χ4n) is 1.07. The number of thiazole rings is 1. The van der Waals surface area contributed by atoms with Gasteiger partial charge in [0.2, 0.25) is 0 Å². The van der Waals surface area contributed by atoms with Crippen molar-refractivity contribution in [2.45, 2.75) is 20.0 Å². The molecule has 0 fully saturated rings. The zero-order valence-corrected chi connectivity index (χ0v) is 9.78. The van der Waals surface area contributed by atoms with Crippen molar-refractivity contribution in [2.75, 3.05) is 0 Å². The number of aromatic nitrogens is 1. The molecule has 0 saturated carbocycles. The summed E-state index contributed by atoms with van der Waals surface area (Å²) in [5.74, 6) is -0.0823. The number of rotatable bonds is 4. The molecule has 1 unspecified atom stereocenters. The van der Waals surface area contributed by atoms with E-state index < -0.39 is 6.10 Å². The Morgan fingerprint density at radius 1 is 1.44 bits per heavy atom. The first-order chi connectivity index (χ1) is 7.66. The lowest BCUT2D eigenvalue weighted by Gasteiger charge is -2.05. The molecule has 0 radical (unpaired) electrons. The summed E-state index contributed by atoms with van der Waals surface area (Å²) in [4.78, 5) is 25.0. The van der Waals surface area contributed by atoms with Gasteiger partial charge in [0, 0.05) is 0 Å². The summed E-state index contributed by atoms with van der Waals surface area (Å²) < 4.78 is 1.02. The van der Waals surface area contributed by atoms with E-state index in [0.29, 0.717) is 5.19 Å². The number of fused-ring (bicyclic) bond motifs is 1. The van der Waals surface area contributed by atoms with Crippen molar-refractivity contribution in [1.82, 2.24) is 4.98 Å². The van der Waals surface area contributed by atoms with E-state index in [4.69, 9.17) is 9.78 Å². The first kappa shape index (κ1) is 11.0. The predicted molar refractivity (Wildman–Crippen MR) is 61.5 cm³/mol. The maximum absolute atomic E-state index is 10.9. The molecule has 4 nitrogen and oxygen atoms in total. The van der Waals surface area contributed by atoms with Gasteiger partial charge in [-0.15, -0.1) is 0 Å². The van der Waals surface area contributed by atoms with E-state index in [1.54, 1.807) is 6.92 Å². The third kappa shape index (κ3) is 2.37. The zero-order valence-electron chi connectivity index (χ0n) is 8.97. The highest BCUT2D eigenvalue weighted by Gasteiger charge is 2.11. The Morgan fingerprint density at radius 3 is 2.88 bits per heavy atom. The van der Waals surface area contributed by atoms with Gasteiger partial charge in [-0.25, -0.2) is 0 Å². The molecular formula is C11H11NO3S. The fourth-order valence-corrected chi connectivity index (χ4v) is 1.84. The topological polar surface area (TPSA) is 48.4 Å². The molecule has 0 aliphatic carbocycles. The lowest BCUT2D eigenvalue weighted by atomic mass is 10.3. The molecular weight excluding hydrogens is 226 g/mol. The number of hydrogen-bond acceptors (Lipinski definition) is 5. The molecule has 0 saturated heterocycles. The van der Waals surface area contributed by atoms with E-state index in [1.807, 2.05) is 24.3 Å². The summed E-state index contributed by atoms with van der Waals surface area (Å²) in [5.41, 5.74) is 0.863. The van der Waals surface area contributed by atoms with Gasteiger partial charge >= 0.3 is 5.19 Å². The number of carbonyl (C=O) groups excluding carboxylic acids is 1.